The van der Waals surface area contributed by atoms with Crippen LogP contribution in [0.2, 0.25) is 0 Å². The van der Waals surface area contributed by atoms with E-state index in [1.54, 1.807) is 4.90 Å². The van der Waals surface area contributed by atoms with Crippen molar-refractivity contribution in [2.45, 2.75) is 32.7 Å². The van der Waals surface area contributed by atoms with E-state index in [9.17, 15) is 4.79 Å². The van der Waals surface area contributed by atoms with Gasteiger partial charge < -0.3 is 15.5 Å². The summed E-state index contributed by atoms with van der Waals surface area (Å²) in [6.45, 7) is 8.59. The number of hydrogen-bond acceptors (Lipinski definition) is 4. The minimum absolute atomic E-state index is 0.212. The summed E-state index contributed by atoms with van der Waals surface area (Å²) in [6.07, 6.45) is 1.46. The van der Waals surface area contributed by atoms with Crippen molar-refractivity contribution >= 4 is 5.91 Å². The van der Waals surface area contributed by atoms with Crippen molar-refractivity contribution in [3.05, 3.63) is 0 Å². The molecule has 0 aliphatic carbocycles. The van der Waals surface area contributed by atoms with Gasteiger partial charge in [0.2, 0.25) is 5.91 Å². The van der Waals surface area contributed by atoms with Crippen LogP contribution in [0.25, 0.3) is 0 Å². The van der Waals surface area contributed by atoms with Gasteiger partial charge >= 0.3 is 0 Å². The van der Waals surface area contributed by atoms with Crippen LogP contribution < -0.4 is 5.73 Å². The smallest absolute Gasteiger partial charge is 0.223 e. The minimum atomic E-state index is 0.212. The normalized spacial score (nSPS) is 13.1. The van der Waals surface area contributed by atoms with Crippen molar-refractivity contribution < 1.29 is 4.79 Å². The first kappa shape index (κ1) is 18.4. The van der Waals surface area contributed by atoms with E-state index >= 15 is 0 Å². The van der Waals surface area contributed by atoms with Crippen LogP contribution in [0, 0.1) is 0 Å². The molecule has 0 bridgehead atoms. The molecule has 0 rings (SSSR count). The third-order valence-corrected chi connectivity index (χ3v) is 3.40. The number of nitrogens with zero attached hydrogens (tertiary/aromatic N) is 3. The summed E-state index contributed by atoms with van der Waals surface area (Å²) in [5.74, 6) is 0.212. The predicted octanol–water partition coefficient (Wildman–Crippen LogP) is 0.456. The molecule has 114 valence electrons. The molecule has 0 heterocycles. The van der Waals surface area contributed by atoms with Gasteiger partial charge in [-0.3, -0.25) is 9.69 Å². The van der Waals surface area contributed by atoms with Crippen molar-refractivity contribution in [3.63, 3.8) is 0 Å². The van der Waals surface area contributed by atoms with Crippen LogP contribution in [-0.2, 0) is 4.79 Å². The van der Waals surface area contributed by atoms with E-state index in [1.807, 2.05) is 7.05 Å². The third-order valence-electron chi connectivity index (χ3n) is 3.40. The highest BCUT2D eigenvalue weighted by Crippen LogP contribution is 2.03. The monoisotopic (exact) mass is 272 g/mol. The number of carbonyl (C=O) groups excluding carboxylic acids is 1. The fourth-order valence-corrected chi connectivity index (χ4v) is 2.22. The number of carbonyl (C=O) groups is 1. The Morgan fingerprint density at radius 1 is 1.21 bits per heavy atom. The van der Waals surface area contributed by atoms with Crippen molar-refractivity contribution in [1.29, 1.82) is 0 Å². The Balaban J connectivity index is 4.08. The van der Waals surface area contributed by atoms with E-state index in [0.29, 0.717) is 19.0 Å². The van der Waals surface area contributed by atoms with E-state index < -0.39 is 0 Å². The number of hydrogen-bond donors (Lipinski definition) is 1. The first-order valence-electron chi connectivity index (χ1n) is 7.25. The van der Waals surface area contributed by atoms with Gasteiger partial charge in [0, 0.05) is 39.1 Å². The summed E-state index contributed by atoms with van der Waals surface area (Å²) in [4.78, 5) is 18.3. The molecule has 1 atom stereocenters. The fourth-order valence-electron chi connectivity index (χ4n) is 2.22. The SMILES string of the molecule is CCN(CCC(=O)N(C)CCCN)C(C)CN(C)C. The van der Waals surface area contributed by atoms with Gasteiger partial charge in [0.05, 0.1) is 0 Å². The fraction of sp³-hybridized carbons (Fsp3) is 0.929. The Morgan fingerprint density at radius 3 is 2.32 bits per heavy atom. The molecule has 0 saturated carbocycles. The number of rotatable bonds is 10. The van der Waals surface area contributed by atoms with Crippen LogP contribution in [0.15, 0.2) is 0 Å². The molecule has 0 aromatic heterocycles. The van der Waals surface area contributed by atoms with Gasteiger partial charge in [-0.05, 0) is 40.5 Å². The van der Waals surface area contributed by atoms with E-state index in [2.05, 4.69) is 37.7 Å². The van der Waals surface area contributed by atoms with E-state index in [4.69, 9.17) is 5.73 Å². The van der Waals surface area contributed by atoms with Gasteiger partial charge in [0.1, 0.15) is 0 Å². The summed E-state index contributed by atoms with van der Waals surface area (Å²) in [5, 5.41) is 0. The molecular formula is C14H32N4O. The van der Waals surface area contributed by atoms with Crippen LogP contribution in [0.1, 0.15) is 26.7 Å². The van der Waals surface area contributed by atoms with Gasteiger partial charge in [-0.2, -0.15) is 0 Å². The van der Waals surface area contributed by atoms with Gasteiger partial charge in [-0.1, -0.05) is 6.92 Å². The first-order chi connectivity index (χ1) is 8.92. The zero-order valence-corrected chi connectivity index (χ0v) is 13.4. The van der Waals surface area contributed by atoms with Crippen LogP contribution in [-0.4, -0.2) is 80.5 Å². The second kappa shape index (κ2) is 10.2. The quantitative estimate of drug-likeness (QED) is 0.627. The molecule has 5 heteroatoms. The first-order valence-corrected chi connectivity index (χ1v) is 7.25. The second-order valence-corrected chi connectivity index (χ2v) is 5.45. The average molecular weight is 272 g/mol. The van der Waals surface area contributed by atoms with Crippen molar-refractivity contribution in [3.8, 4) is 0 Å². The zero-order chi connectivity index (χ0) is 14.8. The summed E-state index contributed by atoms with van der Waals surface area (Å²) < 4.78 is 0. The van der Waals surface area contributed by atoms with Gasteiger partial charge in [0.15, 0.2) is 0 Å². The summed E-state index contributed by atoms with van der Waals surface area (Å²) in [5.41, 5.74) is 5.46. The molecule has 0 spiro atoms. The lowest BCUT2D eigenvalue weighted by Crippen LogP contribution is -2.42. The van der Waals surface area contributed by atoms with E-state index in [-0.39, 0.29) is 5.91 Å². The Labute approximate surface area is 118 Å². The average Bonchev–Trinajstić information content (AvgIpc) is 2.35. The molecule has 0 fully saturated rings. The van der Waals surface area contributed by atoms with Crippen LogP contribution in [0.5, 0.6) is 0 Å². The van der Waals surface area contributed by atoms with Gasteiger partial charge in [-0.15, -0.1) is 0 Å². The minimum Gasteiger partial charge on any atom is -0.346 e. The molecule has 1 unspecified atom stereocenters. The maximum atomic E-state index is 12.0. The van der Waals surface area contributed by atoms with Crippen LogP contribution in [0.4, 0.5) is 0 Å². The lowest BCUT2D eigenvalue weighted by Gasteiger charge is -2.30. The Bertz CT molecular complexity index is 246. The van der Waals surface area contributed by atoms with Crippen LogP contribution in [0.3, 0.4) is 0 Å². The maximum Gasteiger partial charge on any atom is 0.223 e. The van der Waals surface area contributed by atoms with Gasteiger partial charge in [-0.25, -0.2) is 0 Å². The highest BCUT2D eigenvalue weighted by Gasteiger charge is 2.15. The maximum absolute atomic E-state index is 12.0. The van der Waals surface area contributed by atoms with Gasteiger partial charge in [0.25, 0.3) is 0 Å². The molecule has 0 aromatic rings. The standard InChI is InChI=1S/C14H32N4O/c1-6-18(13(2)12-16(3)4)11-8-14(19)17(5)10-7-9-15/h13H,6-12,15H2,1-5H3. The molecule has 0 saturated heterocycles. The molecule has 0 aliphatic heterocycles. The summed E-state index contributed by atoms with van der Waals surface area (Å²) >= 11 is 0. The van der Waals surface area contributed by atoms with Crippen molar-refractivity contribution in [2.24, 2.45) is 5.73 Å². The molecule has 5 nitrogen and oxygen atoms in total. The number of likely N-dealkylation sites (N-methyl/N-ethyl adjacent to an activating group) is 2. The van der Waals surface area contributed by atoms with Crippen LogP contribution >= 0.6 is 0 Å². The largest absolute Gasteiger partial charge is 0.346 e. The molecule has 19 heavy (non-hydrogen) atoms. The highest BCUT2D eigenvalue weighted by molar-refractivity contribution is 5.76. The lowest BCUT2D eigenvalue weighted by molar-refractivity contribution is -0.130. The Hall–Kier alpha value is -0.650. The zero-order valence-electron chi connectivity index (χ0n) is 13.4. The molecule has 0 radical (unpaired) electrons. The number of amides is 1. The molecule has 1 amide bonds. The molecule has 0 aliphatic rings. The third kappa shape index (κ3) is 8.18. The van der Waals surface area contributed by atoms with E-state index in [1.165, 1.54) is 0 Å². The molecular weight excluding hydrogens is 240 g/mol. The van der Waals surface area contributed by atoms with Crippen molar-refractivity contribution in [1.82, 2.24) is 14.7 Å². The van der Waals surface area contributed by atoms with Crippen molar-refractivity contribution in [2.75, 3.05) is 53.9 Å². The predicted molar refractivity (Wildman–Crippen MR) is 81.2 cm³/mol. The summed E-state index contributed by atoms with van der Waals surface area (Å²) in [7, 11) is 6.02. The second-order valence-electron chi connectivity index (χ2n) is 5.45. The Morgan fingerprint density at radius 2 is 1.84 bits per heavy atom. The lowest BCUT2D eigenvalue weighted by atomic mass is 10.2. The highest BCUT2D eigenvalue weighted by atomic mass is 16.2. The molecule has 0 aromatic carbocycles. The van der Waals surface area contributed by atoms with E-state index in [0.717, 1.165) is 32.6 Å². The molecule has 2 N–H and O–H groups in total. The number of nitrogens with two attached hydrogens (primary N) is 1. The summed E-state index contributed by atoms with van der Waals surface area (Å²) in [6, 6.07) is 0.474. The Kier molecular flexibility index (Phi) is 9.83. The topological polar surface area (TPSA) is 52.8 Å².